The van der Waals surface area contributed by atoms with Gasteiger partial charge in [0, 0.05) is 26.7 Å². The van der Waals surface area contributed by atoms with Gasteiger partial charge in [0.1, 0.15) is 23.2 Å². The first kappa shape index (κ1) is 30.3. The first-order valence-electron chi connectivity index (χ1n) is 13.8. The predicted octanol–water partition coefficient (Wildman–Crippen LogP) is 2.30. The smallest absolute Gasteiger partial charge is 0.408 e. The standard InChI is InChI=1S/C29H37N7O6/c1-29(2,3)42-27(39)31-21(12-10-19-8-6-5-7-9-19)26(38)36-15-14-35(28(40)41)18-24(36)25(37)30-17-20-11-13-23-22(16-20)32-33-34(23)4/h5-9,11,13,16,21,24H,10,12,14-15,17-18H2,1-4H3,(H,30,37)(H,31,39)(H,40,41)/t21-,24+/m1/s1. The van der Waals surface area contributed by atoms with Gasteiger partial charge >= 0.3 is 12.2 Å². The zero-order chi connectivity index (χ0) is 30.4. The van der Waals surface area contributed by atoms with Gasteiger partial charge < -0.3 is 30.3 Å². The molecule has 3 N–H and O–H groups in total. The second-order valence-electron chi connectivity index (χ2n) is 11.3. The third-order valence-electron chi connectivity index (χ3n) is 6.93. The van der Waals surface area contributed by atoms with Gasteiger partial charge in [-0.3, -0.25) is 9.59 Å². The lowest BCUT2D eigenvalue weighted by Gasteiger charge is -2.41. The average molecular weight is 580 g/mol. The lowest BCUT2D eigenvalue weighted by molar-refractivity contribution is -0.145. The van der Waals surface area contributed by atoms with E-state index in [-0.39, 0.29) is 32.6 Å². The van der Waals surface area contributed by atoms with Gasteiger partial charge in [0.2, 0.25) is 11.8 Å². The van der Waals surface area contributed by atoms with E-state index < -0.39 is 41.7 Å². The number of aryl methyl sites for hydroxylation is 2. The number of piperazine rings is 1. The highest BCUT2D eigenvalue weighted by Gasteiger charge is 2.40. The van der Waals surface area contributed by atoms with Crippen LogP contribution < -0.4 is 10.6 Å². The van der Waals surface area contributed by atoms with Crippen LogP contribution in [0.1, 0.15) is 38.3 Å². The maximum atomic E-state index is 13.9. The lowest BCUT2D eigenvalue weighted by atomic mass is 10.0. The number of rotatable bonds is 8. The van der Waals surface area contributed by atoms with E-state index in [9.17, 15) is 24.3 Å². The Kier molecular flexibility index (Phi) is 9.28. The number of nitrogens with zero attached hydrogens (tertiary/aromatic N) is 5. The minimum Gasteiger partial charge on any atom is -0.465 e. The summed E-state index contributed by atoms with van der Waals surface area (Å²) in [5, 5.41) is 23.2. The molecule has 13 heteroatoms. The Labute approximate surface area is 243 Å². The van der Waals surface area contributed by atoms with E-state index in [1.165, 1.54) is 4.90 Å². The lowest BCUT2D eigenvalue weighted by Crippen LogP contribution is -2.64. The van der Waals surface area contributed by atoms with Gasteiger partial charge in [-0.15, -0.1) is 5.10 Å². The molecule has 2 heterocycles. The van der Waals surface area contributed by atoms with E-state index in [1.54, 1.807) is 38.6 Å². The van der Waals surface area contributed by atoms with E-state index in [2.05, 4.69) is 20.9 Å². The first-order valence-corrected chi connectivity index (χ1v) is 13.8. The number of aromatic nitrogens is 3. The second-order valence-corrected chi connectivity index (χ2v) is 11.3. The summed E-state index contributed by atoms with van der Waals surface area (Å²) in [6.45, 7) is 5.14. The van der Waals surface area contributed by atoms with Crippen molar-refractivity contribution in [3.63, 3.8) is 0 Å². The zero-order valence-electron chi connectivity index (χ0n) is 24.2. The summed E-state index contributed by atoms with van der Waals surface area (Å²) in [5.41, 5.74) is 2.48. The van der Waals surface area contributed by atoms with Crippen molar-refractivity contribution in [2.45, 2.75) is 57.8 Å². The number of ether oxygens (including phenoxy) is 1. The molecule has 13 nitrogen and oxygen atoms in total. The molecule has 42 heavy (non-hydrogen) atoms. The van der Waals surface area contributed by atoms with E-state index in [0.717, 1.165) is 21.5 Å². The monoisotopic (exact) mass is 579 g/mol. The largest absolute Gasteiger partial charge is 0.465 e. The fourth-order valence-electron chi connectivity index (χ4n) is 4.81. The van der Waals surface area contributed by atoms with Crippen LogP contribution in [0.4, 0.5) is 9.59 Å². The number of fused-ring (bicyclic) bond motifs is 1. The quantitative estimate of drug-likeness (QED) is 0.367. The van der Waals surface area contributed by atoms with E-state index in [0.29, 0.717) is 11.9 Å². The maximum Gasteiger partial charge on any atom is 0.408 e. The zero-order valence-corrected chi connectivity index (χ0v) is 24.2. The second kappa shape index (κ2) is 12.9. The molecule has 0 bridgehead atoms. The van der Waals surface area contributed by atoms with Gasteiger partial charge in [-0.2, -0.15) is 0 Å². The number of benzene rings is 2. The van der Waals surface area contributed by atoms with Crippen LogP contribution in [0.2, 0.25) is 0 Å². The average Bonchev–Trinajstić information content (AvgIpc) is 3.32. The third-order valence-corrected chi connectivity index (χ3v) is 6.93. The molecule has 2 aromatic carbocycles. The highest BCUT2D eigenvalue weighted by Crippen LogP contribution is 2.17. The van der Waals surface area contributed by atoms with Crippen molar-refractivity contribution in [3.05, 3.63) is 59.7 Å². The Bertz CT molecular complexity index is 1440. The van der Waals surface area contributed by atoms with Crippen molar-refractivity contribution in [3.8, 4) is 0 Å². The molecule has 1 fully saturated rings. The van der Waals surface area contributed by atoms with Crippen LogP contribution >= 0.6 is 0 Å². The number of amides is 4. The third kappa shape index (κ3) is 7.74. The number of hydrogen-bond donors (Lipinski definition) is 3. The van der Waals surface area contributed by atoms with Crippen molar-refractivity contribution in [1.82, 2.24) is 35.4 Å². The number of carbonyl (C=O) groups is 4. The van der Waals surface area contributed by atoms with Crippen molar-refractivity contribution in [2.24, 2.45) is 7.05 Å². The number of alkyl carbamates (subject to hydrolysis) is 1. The summed E-state index contributed by atoms with van der Waals surface area (Å²) in [4.78, 5) is 54.3. The molecule has 4 rings (SSSR count). The van der Waals surface area contributed by atoms with Gasteiger partial charge in [-0.1, -0.05) is 41.6 Å². The van der Waals surface area contributed by atoms with Gasteiger partial charge in [-0.25, -0.2) is 14.3 Å². The van der Waals surface area contributed by atoms with Crippen molar-refractivity contribution in [1.29, 1.82) is 0 Å². The maximum absolute atomic E-state index is 13.9. The molecule has 1 aromatic heterocycles. The normalized spacial score (nSPS) is 16.1. The van der Waals surface area contributed by atoms with Crippen LogP contribution in [0.15, 0.2) is 48.5 Å². The summed E-state index contributed by atoms with van der Waals surface area (Å²) in [7, 11) is 1.78. The molecule has 3 aromatic rings. The minimum atomic E-state index is -1.18. The molecule has 2 atom stereocenters. The Balaban J connectivity index is 1.52. The van der Waals surface area contributed by atoms with Crippen LogP contribution in [0, 0.1) is 0 Å². The SMILES string of the molecule is Cn1nnc2cc(CNC(=O)[C@@H]3CN(C(=O)O)CCN3C(=O)[C@@H](CCc3ccccc3)NC(=O)OC(C)(C)C)ccc21. The van der Waals surface area contributed by atoms with Crippen molar-refractivity contribution >= 4 is 35.0 Å². The molecule has 0 radical (unpaired) electrons. The fraction of sp³-hybridized carbons (Fsp3) is 0.448. The molecular formula is C29H37N7O6. The number of carbonyl (C=O) groups excluding carboxylic acids is 3. The van der Waals surface area contributed by atoms with Gasteiger partial charge in [-0.05, 0) is 56.9 Å². The van der Waals surface area contributed by atoms with Crippen LogP contribution in [-0.2, 0) is 34.3 Å². The molecule has 0 aliphatic carbocycles. The molecule has 1 aliphatic heterocycles. The van der Waals surface area contributed by atoms with E-state index >= 15 is 0 Å². The van der Waals surface area contributed by atoms with Crippen LogP contribution in [0.25, 0.3) is 11.0 Å². The molecule has 1 aliphatic rings. The Morgan fingerprint density at radius 3 is 2.50 bits per heavy atom. The highest BCUT2D eigenvalue weighted by molar-refractivity contribution is 5.92. The highest BCUT2D eigenvalue weighted by atomic mass is 16.6. The molecule has 0 unspecified atom stereocenters. The van der Waals surface area contributed by atoms with Crippen LogP contribution in [0.5, 0.6) is 0 Å². The minimum absolute atomic E-state index is 0.00732. The summed E-state index contributed by atoms with van der Waals surface area (Å²) in [6.07, 6.45) is -1.18. The van der Waals surface area contributed by atoms with Crippen molar-refractivity contribution in [2.75, 3.05) is 19.6 Å². The first-order chi connectivity index (χ1) is 19.9. The van der Waals surface area contributed by atoms with Crippen molar-refractivity contribution < 1.29 is 29.0 Å². The predicted molar refractivity (Wildman–Crippen MR) is 153 cm³/mol. The Morgan fingerprint density at radius 2 is 1.81 bits per heavy atom. The van der Waals surface area contributed by atoms with E-state index in [4.69, 9.17) is 4.74 Å². The van der Waals surface area contributed by atoms with Crippen LogP contribution in [-0.4, -0.2) is 91.2 Å². The molecule has 1 saturated heterocycles. The number of carboxylic acid groups (broad SMARTS) is 1. The van der Waals surface area contributed by atoms with Gasteiger partial charge in [0.15, 0.2) is 0 Å². The molecule has 224 valence electrons. The van der Waals surface area contributed by atoms with Gasteiger partial charge in [0.05, 0.1) is 12.1 Å². The van der Waals surface area contributed by atoms with E-state index in [1.807, 2.05) is 42.5 Å². The summed E-state index contributed by atoms with van der Waals surface area (Å²) in [6, 6.07) is 12.9. The molecule has 0 spiro atoms. The summed E-state index contributed by atoms with van der Waals surface area (Å²) < 4.78 is 7.05. The fourth-order valence-corrected chi connectivity index (χ4v) is 4.81. The molecule has 0 saturated carbocycles. The topological polar surface area (TPSA) is 159 Å². The summed E-state index contributed by atoms with van der Waals surface area (Å²) >= 11 is 0. The summed E-state index contributed by atoms with van der Waals surface area (Å²) in [5.74, 6) is -0.990. The molecular weight excluding hydrogens is 542 g/mol. The van der Waals surface area contributed by atoms with Crippen LogP contribution in [0.3, 0.4) is 0 Å². The molecule has 4 amide bonds. The Hall–Kier alpha value is -4.68. The number of nitrogens with one attached hydrogen (secondary N) is 2. The Morgan fingerprint density at radius 1 is 1.07 bits per heavy atom. The number of hydrogen-bond acceptors (Lipinski definition) is 7. The van der Waals surface area contributed by atoms with Gasteiger partial charge in [0.25, 0.3) is 0 Å².